The molecule has 18 heavy (non-hydrogen) atoms. The van der Waals surface area contributed by atoms with E-state index in [9.17, 15) is 4.79 Å². The summed E-state index contributed by atoms with van der Waals surface area (Å²) in [6.07, 6.45) is 3.35. The van der Waals surface area contributed by atoms with Crippen molar-refractivity contribution in [3.63, 3.8) is 0 Å². The van der Waals surface area contributed by atoms with Crippen molar-refractivity contribution in [1.82, 2.24) is 4.98 Å². The molecule has 0 fully saturated rings. The Hall–Kier alpha value is -2.00. The Balaban J connectivity index is 2.10. The third kappa shape index (κ3) is 1.83. The maximum Gasteiger partial charge on any atom is 0.204 e. The summed E-state index contributed by atoms with van der Waals surface area (Å²) in [5, 5.41) is 1.12. The normalized spacial score (nSPS) is 10.7. The first-order valence-electron chi connectivity index (χ1n) is 5.69. The van der Waals surface area contributed by atoms with Crippen LogP contribution < -0.4 is 0 Å². The number of aromatic nitrogens is 1. The maximum atomic E-state index is 12.4. The third-order valence-corrected chi connectivity index (χ3v) is 4.05. The maximum absolute atomic E-state index is 12.4. The zero-order valence-electron chi connectivity index (χ0n) is 9.88. The van der Waals surface area contributed by atoms with Crippen molar-refractivity contribution in [3.05, 3.63) is 64.8 Å². The summed E-state index contributed by atoms with van der Waals surface area (Å²) in [5.41, 5.74) is 1.65. The number of pyridine rings is 1. The van der Waals surface area contributed by atoms with Gasteiger partial charge in [-0.05, 0) is 36.1 Å². The molecule has 0 aliphatic heterocycles. The Morgan fingerprint density at radius 1 is 1.22 bits per heavy atom. The predicted octanol–water partition coefficient (Wildman–Crippen LogP) is 3.84. The predicted molar refractivity (Wildman–Crippen MR) is 74.2 cm³/mol. The van der Waals surface area contributed by atoms with Gasteiger partial charge >= 0.3 is 0 Å². The van der Waals surface area contributed by atoms with Gasteiger partial charge in [0, 0.05) is 22.7 Å². The fourth-order valence-corrected chi connectivity index (χ4v) is 2.95. The van der Waals surface area contributed by atoms with Crippen LogP contribution in [0.25, 0.3) is 10.1 Å². The van der Waals surface area contributed by atoms with E-state index in [-0.39, 0.29) is 5.78 Å². The Labute approximate surface area is 109 Å². The van der Waals surface area contributed by atoms with E-state index < -0.39 is 0 Å². The lowest BCUT2D eigenvalue weighted by Gasteiger charge is -2.00. The van der Waals surface area contributed by atoms with Crippen LogP contribution in [0.5, 0.6) is 0 Å². The first-order valence-corrected chi connectivity index (χ1v) is 6.51. The number of hydrogen-bond donors (Lipinski definition) is 0. The summed E-state index contributed by atoms with van der Waals surface area (Å²) in [4.78, 5) is 17.2. The molecule has 0 unspecified atom stereocenters. The molecule has 0 amide bonds. The van der Waals surface area contributed by atoms with E-state index in [1.165, 1.54) is 11.3 Å². The molecule has 0 radical (unpaired) electrons. The van der Waals surface area contributed by atoms with Crippen molar-refractivity contribution in [2.45, 2.75) is 6.92 Å². The SMILES string of the molecule is Cc1ccncc1C(=O)c1cc2ccccc2s1. The van der Waals surface area contributed by atoms with Crippen LogP contribution in [-0.2, 0) is 0 Å². The Morgan fingerprint density at radius 3 is 2.83 bits per heavy atom. The van der Waals surface area contributed by atoms with Crippen molar-refractivity contribution in [2.24, 2.45) is 0 Å². The zero-order valence-corrected chi connectivity index (χ0v) is 10.7. The summed E-state index contributed by atoms with van der Waals surface area (Å²) in [7, 11) is 0. The van der Waals surface area contributed by atoms with Gasteiger partial charge in [-0.25, -0.2) is 0 Å². The lowest BCUT2D eigenvalue weighted by atomic mass is 10.1. The second-order valence-corrected chi connectivity index (χ2v) is 5.25. The summed E-state index contributed by atoms with van der Waals surface area (Å²) < 4.78 is 1.14. The summed E-state index contributed by atoms with van der Waals surface area (Å²) in [5.74, 6) is 0.0572. The molecule has 2 nitrogen and oxygen atoms in total. The first-order chi connectivity index (χ1) is 8.75. The van der Waals surface area contributed by atoms with Crippen LogP contribution in [-0.4, -0.2) is 10.8 Å². The van der Waals surface area contributed by atoms with Crippen LogP contribution in [0.3, 0.4) is 0 Å². The fraction of sp³-hybridized carbons (Fsp3) is 0.0667. The fourth-order valence-electron chi connectivity index (χ4n) is 1.93. The van der Waals surface area contributed by atoms with E-state index in [1.807, 2.05) is 43.3 Å². The summed E-state index contributed by atoms with van der Waals surface area (Å²) >= 11 is 1.53. The monoisotopic (exact) mass is 253 g/mol. The van der Waals surface area contributed by atoms with Crippen LogP contribution in [0.15, 0.2) is 48.8 Å². The van der Waals surface area contributed by atoms with Gasteiger partial charge in [-0.15, -0.1) is 11.3 Å². The number of carbonyl (C=O) groups is 1. The third-order valence-electron chi connectivity index (χ3n) is 2.93. The van der Waals surface area contributed by atoms with Gasteiger partial charge in [0.1, 0.15) is 0 Å². The standard InChI is InChI=1S/C15H11NOS/c1-10-6-7-16-9-12(10)15(17)14-8-11-4-2-3-5-13(11)18-14/h2-9H,1H3. The molecule has 3 aromatic rings. The van der Waals surface area contributed by atoms with E-state index in [4.69, 9.17) is 0 Å². The van der Waals surface area contributed by atoms with E-state index >= 15 is 0 Å². The van der Waals surface area contributed by atoms with E-state index in [0.29, 0.717) is 5.56 Å². The molecule has 0 spiro atoms. The number of rotatable bonds is 2. The van der Waals surface area contributed by atoms with Crippen LogP contribution in [0, 0.1) is 6.92 Å². The molecule has 2 aromatic heterocycles. The molecule has 0 aliphatic rings. The molecule has 0 saturated carbocycles. The molecular weight excluding hydrogens is 242 g/mol. The summed E-state index contributed by atoms with van der Waals surface area (Å²) in [6.45, 7) is 1.93. The average Bonchev–Trinajstić information content (AvgIpc) is 2.82. The molecular formula is C15H11NOS. The highest BCUT2D eigenvalue weighted by molar-refractivity contribution is 7.21. The molecule has 3 rings (SSSR count). The van der Waals surface area contributed by atoms with E-state index in [1.54, 1.807) is 12.4 Å². The Bertz CT molecular complexity index is 697. The van der Waals surface area contributed by atoms with Crippen LogP contribution in [0.4, 0.5) is 0 Å². The summed E-state index contributed by atoms with van der Waals surface area (Å²) in [6, 6.07) is 11.8. The molecule has 0 N–H and O–H groups in total. The Kier molecular flexibility index (Phi) is 2.68. The smallest absolute Gasteiger partial charge is 0.204 e. The zero-order chi connectivity index (χ0) is 12.5. The molecule has 88 valence electrons. The van der Waals surface area contributed by atoms with E-state index in [0.717, 1.165) is 20.5 Å². The number of ketones is 1. The molecule has 3 heteroatoms. The minimum atomic E-state index is 0.0572. The topological polar surface area (TPSA) is 30.0 Å². The van der Waals surface area contributed by atoms with Gasteiger partial charge in [-0.1, -0.05) is 18.2 Å². The second-order valence-electron chi connectivity index (χ2n) is 4.17. The molecule has 0 bridgehead atoms. The van der Waals surface area contributed by atoms with Gasteiger partial charge in [0.2, 0.25) is 5.78 Å². The van der Waals surface area contributed by atoms with Crippen LogP contribution >= 0.6 is 11.3 Å². The van der Waals surface area contributed by atoms with Crippen molar-refractivity contribution >= 4 is 27.2 Å². The highest BCUT2D eigenvalue weighted by Crippen LogP contribution is 2.27. The number of hydrogen-bond acceptors (Lipinski definition) is 3. The largest absolute Gasteiger partial charge is 0.288 e. The molecule has 1 aromatic carbocycles. The number of nitrogens with zero attached hydrogens (tertiary/aromatic N) is 1. The minimum Gasteiger partial charge on any atom is -0.288 e. The van der Waals surface area contributed by atoms with Crippen molar-refractivity contribution in [3.8, 4) is 0 Å². The quantitative estimate of drug-likeness (QED) is 0.649. The minimum absolute atomic E-state index is 0.0572. The molecule has 0 saturated heterocycles. The number of benzene rings is 1. The van der Waals surface area contributed by atoms with Gasteiger partial charge in [0.15, 0.2) is 0 Å². The highest BCUT2D eigenvalue weighted by Gasteiger charge is 2.14. The average molecular weight is 253 g/mol. The second kappa shape index (κ2) is 4.35. The highest BCUT2D eigenvalue weighted by atomic mass is 32.1. The van der Waals surface area contributed by atoms with Gasteiger partial charge in [-0.2, -0.15) is 0 Å². The van der Waals surface area contributed by atoms with E-state index in [2.05, 4.69) is 4.98 Å². The van der Waals surface area contributed by atoms with Gasteiger partial charge < -0.3 is 0 Å². The number of thiophene rings is 1. The lowest BCUT2D eigenvalue weighted by molar-refractivity contribution is 0.104. The van der Waals surface area contributed by atoms with Crippen molar-refractivity contribution < 1.29 is 4.79 Å². The molecule has 0 atom stereocenters. The van der Waals surface area contributed by atoms with Crippen LogP contribution in [0.1, 0.15) is 20.8 Å². The van der Waals surface area contributed by atoms with Gasteiger partial charge in [0.05, 0.1) is 4.88 Å². The van der Waals surface area contributed by atoms with Crippen molar-refractivity contribution in [1.29, 1.82) is 0 Å². The lowest BCUT2D eigenvalue weighted by Crippen LogP contribution is -2.01. The van der Waals surface area contributed by atoms with Crippen LogP contribution in [0.2, 0.25) is 0 Å². The number of carbonyl (C=O) groups excluding carboxylic acids is 1. The molecule has 2 heterocycles. The number of aryl methyl sites for hydroxylation is 1. The number of fused-ring (bicyclic) bond motifs is 1. The molecule has 0 aliphatic carbocycles. The Morgan fingerprint density at radius 2 is 2.06 bits per heavy atom. The first kappa shape index (κ1) is 11.1. The van der Waals surface area contributed by atoms with Gasteiger partial charge in [-0.3, -0.25) is 9.78 Å². The van der Waals surface area contributed by atoms with Gasteiger partial charge in [0.25, 0.3) is 0 Å². The van der Waals surface area contributed by atoms with Crippen molar-refractivity contribution in [2.75, 3.05) is 0 Å².